The number of carbonyl (C=O) groups is 1. The van der Waals surface area contributed by atoms with Gasteiger partial charge in [0.2, 0.25) is 5.76 Å². The summed E-state index contributed by atoms with van der Waals surface area (Å²) in [5.41, 5.74) is 0.692. The van der Waals surface area contributed by atoms with Gasteiger partial charge in [-0.15, -0.1) is 0 Å². The molecule has 1 N–H and O–H groups in total. The van der Waals surface area contributed by atoms with E-state index in [2.05, 4.69) is 17.2 Å². The average molecular weight is 265 g/mol. The highest BCUT2D eigenvalue weighted by Crippen LogP contribution is 2.20. The minimum Gasteiger partial charge on any atom is -0.436 e. The zero-order chi connectivity index (χ0) is 13.8. The number of oxazole rings is 1. The highest BCUT2D eigenvalue weighted by molar-refractivity contribution is 5.92. The van der Waals surface area contributed by atoms with Crippen molar-refractivity contribution in [1.29, 1.82) is 0 Å². The first-order chi connectivity index (χ1) is 9.11. The van der Waals surface area contributed by atoms with E-state index >= 15 is 0 Å². The van der Waals surface area contributed by atoms with Gasteiger partial charge in [-0.05, 0) is 38.8 Å². The van der Waals surface area contributed by atoms with Crippen LogP contribution in [0.15, 0.2) is 4.42 Å². The SMILES string of the molecule is CCNCC1CCN(C(=O)c2oc(C)nc2C)CC1. The molecule has 2 heterocycles. The van der Waals surface area contributed by atoms with E-state index in [1.54, 1.807) is 6.92 Å². The van der Waals surface area contributed by atoms with Crippen molar-refractivity contribution in [2.45, 2.75) is 33.6 Å². The molecule has 0 spiro atoms. The van der Waals surface area contributed by atoms with Crippen LogP contribution in [0.3, 0.4) is 0 Å². The second kappa shape index (κ2) is 6.19. The molecular formula is C14H23N3O2. The molecule has 5 heteroatoms. The number of nitrogens with zero attached hydrogens (tertiary/aromatic N) is 2. The summed E-state index contributed by atoms with van der Waals surface area (Å²) in [5, 5.41) is 3.37. The first-order valence-corrected chi connectivity index (χ1v) is 7.05. The maximum Gasteiger partial charge on any atom is 0.291 e. The Morgan fingerprint density at radius 1 is 1.42 bits per heavy atom. The maximum atomic E-state index is 12.3. The van der Waals surface area contributed by atoms with E-state index in [1.165, 1.54) is 0 Å². The van der Waals surface area contributed by atoms with Crippen LogP contribution in [0.4, 0.5) is 0 Å². The van der Waals surface area contributed by atoms with E-state index in [-0.39, 0.29) is 5.91 Å². The van der Waals surface area contributed by atoms with Gasteiger partial charge in [-0.1, -0.05) is 6.92 Å². The van der Waals surface area contributed by atoms with Crippen LogP contribution in [-0.2, 0) is 0 Å². The smallest absolute Gasteiger partial charge is 0.291 e. The van der Waals surface area contributed by atoms with Crippen molar-refractivity contribution in [3.05, 3.63) is 17.3 Å². The molecule has 1 saturated heterocycles. The summed E-state index contributed by atoms with van der Waals surface area (Å²) in [5.74, 6) is 1.63. The third kappa shape index (κ3) is 3.35. The summed E-state index contributed by atoms with van der Waals surface area (Å²) < 4.78 is 5.41. The molecule has 2 rings (SSSR count). The lowest BCUT2D eigenvalue weighted by atomic mass is 9.96. The minimum absolute atomic E-state index is 0.0139. The summed E-state index contributed by atoms with van der Waals surface area (Å²) in [6.07, 6.45) is 2.12. The fourth-order valence-corrected chi connectivity index (χ4v) is 2.56. The molecule has 1 aromatic rings. The summed E-state index contributed by atoms with van der Waals surface area (Å²) >= 11 is 0. The number of likely N-dealkylation sites (tertiary alicyclic amines) is 1. The van der Waals surface area contributed by atoms with Crippen molar-refractivity contribution < 1.29 is 9.21 Å². The molecule has 0 bridgehead atoms. The van der Waals surface area contributed by atoms with Crippen molar-refractivity contribution in [3.63, 3.8) is 0 Å². The van der Waals surface area contributed by atoms with Crippen molar-refractivity contribution in [1.82, 2.24) is 15.2 Å². The Kier molecular flexibility index (Phi) is 4.58. The predicted molar refractivity (Wildman–Crippen MR) is 73.1 cm³/mol. The molecule has 1 amide bonds. The fourth-order valence-electron chi connectivity index (χ4n) is 2.56. The highest BCUT2D eigenvalue weighted by Gasteiger charge is 2.26. The quantitative estimate of drug-likeness (QED) is 0.901. The zero-order valence-corrected chi connectivity index (χ0v) is 12.0. The van der Waals surface area contributed by atoms with Gasteiger partial charge in [0.1, 0.15) is 0 Å². The Morgan fingerprint density at radius 2 is 2.11 bits per heavy atom. The maximum absolute atomic E-state index is 12.3. The van der Waals surface area contributed by atoms with Crippen molar-refractivity contribution in [3.8, 4) is 0 Å². The van der Waals surface area contributed by atoms with Crippen LogP contribution in [-0.4, -0.2) is 42.0 Å². The Bertz CT molecular complexity index is 434. The number of carbonyl (C=O) groups excluding carboxylic acids is 1. The Labute approximate surface area is 114 Å². The molecule has 5 nitrogen and oxygen atoms in total. The summed E-state index contributed by atoms with van der Waals surface area (Å²) in [7, 11) is 0. The lowest BCUT2D eigenvalue weighted by molar-refractivity contribution is 0.0656. The zero-order valence-electron chi connectivity index (χ0n) is 12.0. The average Bonchev–Trinajstić information content (AvgIpc) is 2.75. The Hall–Kier alpha value is -1.36. The number of hydrogen-bond donors (Lipinski definition) is 1. The normalized spacial score (nSPS) is 16.9. The summed E-state index contributed by atoms with van der Waals surface area (Å²) in [4.78, 5) is 18.4. The van der Waals surface area contributed by atoms with Crippen LogP contribution in [0.2, 0.25) is 0 Å². The van der Waals surface area contributed by atoms with Gasteiger partial charge in [-0.3, -0.25) is 4.79 Å². The highest BCUT2D eigenvalue weighted by atomic mass is 16.4. The second-order valence-corrected chi connectivity index (χ2v) is 5.19. The number of piperidine rings is 1. The molecule has 0 atom stereocenters. The Morgan fingerprint density at radius 3 is 2.63 bits per heavy atom. The molecule has 1 aromatic heterocycles. The van der Waals surface area contributed by atoms with Gasteiger partial charge in [0, 0.05) is 20.0 Å². The van der Waals surface area contributed by atoms with Gasteiger partial charge in [0.15, 0.2) is 5.89 Å². The van der Waals surface area contributed by atoms with Gasteiger partial charge in [-0.25, -0.2) is 4.98 Å². The third-order valence-corrected chi connectivity index (χ3v) is 3.68. The molecule has 0 aliphatic carbocycles. The van der Waals surface area contributed by atoms with Gasteiger partial charge < -0.3 is 14.6 Å². The van der Waals surface area contributed by atoms with E-state index in [4.69, 9.17) is 4.42 Å². The molecule has 1 aliphatic rings. The largest absolute Gasteiger partial charge is 0.436 e. The van der Waals surface area contributed by atoms with E-state index in [1.807, 2.05) is 11.8 Å². The molecule has 106 valence electrons. The molecule has 19 heavy (non-hydrogen) atoms. The van der Waals surface area contributed by atoms with Crippen LogP contribution in [0.1, 0.15) is 41.9 Å². The van der Waals surface area contributed by atoms with E-state index in [0.717, 1.165) is 39.0 Å². The van der Waals surface area contributed by atoms with Crippen LogP contribution >= 0.6 is 0 Å². The first-order valence-electron chi connectivity index (χ1n) is 7.05. The van der Waals surface area contributed by atoms with E-state index in [0.29, 0.717) is 23.3 Å². The Balaban J connectivity index is 1.91. The van der Waals surface area contributed by atoms with Crippen LogP contribution in [0.25, 0.3) is 0 Å². The molecule has 0 saturated carbocycles. The number of aryl methyl sites for hydroxylation is 2. The summed E-state index contributed by atoms with van der Waals surface area (Å²) in [6.45, 7) is 9.40. The first kappa shape index (κ1) is 14.1. The second-order valence-electron chi connectivity index (χ2n) is 5.19. The molecule has 0 unspecified atom stereocenters. The van der Waals surface area contributed by atoms with Gasteiger partial charge >= 0.3 is 0 Å². The topological polar surface area (TPSA) is 58.4 Å². The number of amides is 1. The summed E-state index contributed by atoms with van der Waals surface area (Å²) in [6, 6.07) is 0. The number of aromatic nitrogens is 1. The van der Waals surface area contributed by atoms with Crippen molar-refractivity contribution >= 4 is 5.91 Å². The fraction of sp³-hybridized carbons (Fsp3) is 0.714. The van der Waals surface area contributed by atoms with Crippen molar-refractivity contribution in [2.75, 3.05) is 26.2 Å². The van der Waals surface area contributed by atoms with E-state index in [9.17, 15) is 4.79 Å². The minimum atomic E-state index is -0.0139. The predicted octanol–water partition coefficient (Wildman–Crippen LogP) is 1.75. The monoisotopic (exact) mass is 265 g/mol. The van der Waals surface area contributed by atoms with E-state index < -0.39 is 0 Å². The van der Waals surface area contributed by atoms with Gasteiger partial charge in [0.25, 0.3) is 5.91 Å². The van der Waals surface area contributed by atoms with Crippen LogP contribution in [0, 0.1) is 19.8 Å². The lowest BCUT2D eigenvalue weighted by Crippen LogP contribution is -2.40. The molecule has 1 fully saturated rings. The standard InChI is InChI=1S/C14H23N3O2/c1-4-15-9-12-5-7-17(8-6-12)14(18)13-10(2)16-11(3)19-13/h12,15H,4-9H2,1-3H3. The van der Waals surface area contributed by atoms with Crippen LogP contribution in [0.5, 0.6) is 0 Å². The van der Waals surface area contributed by atoms with Gasteiger partial charge in [-0.2, -0.15) is 0 Å². The number of rotatable bonds is 4. The number of nitrogens with one attached hydrogen (secondary N) is 1. The van der Waals surface area contributed by atoms with Crippen LogP contribution < -0.4 is 5.32 Å². The lowest BCUT2D eigenvalue weighted by Gasteiger charge is -2.31. The van der Waals surface area contributed by atoms with Gasteiger partial charge in [0.05, 0.1) is 5.69 Å². The number of hydrogen-bond acceptors (Lipinski definition) is 4. The molecule has 1 aliphatic heterocycles. The molecular weight excluding hydrogens is 242 g/mol. The molecule has 0 radical (unpaired) electrons. The molecule has 0 aromatic carbocycles. The van der Waals surface area contributed by atoms with Crippen molar-refractivity contribution in [2.24, 2.45) is 5.92 Å². The third-order valence-electron chi connectivity index (χ3n) is 3.68.